The molecule has 148 valence electrons. The van der Waals surface area contributed by atoms with Gasteiger partial charge in [-0.25, -0.2) is 0 Å². The molecule has 1 aliphatic carbocycles. The van der Waals surface area contributed by atoms with Gasteiger partial charge in [-0.05, 0) is 43.4 Å². The molecule has 1 amide bonds. The molecule has 1 saturated carbocycles. The molecule has 0 spiro atoms. The molecule has 0 bridgehead atoms. The van der Waals surface area contributed by atoms with Gasteiger partial charge in [0, 0.05) is 17.4 Å². The second-order valence-corrected chi connectivity index (χ2v) is 7.56. The number of carbonyl (C=O) groups is 1. The summed E-state index contributed by atoms with van der Waals surface area (Å²) in [6, 6.07) is 7.68. The van der Waals surface area contributed by atoms with Crippen molar-refractivity contribution in [2.24, 2.45) is 11.7 Å². The van der Waals surface area contributed by atoms with E-state index >= 15 is 0 Å². The number of amides is 1. The lowest BCUT2D eigenvalue weighted by Gasteiger charge is -2.26. The second-order valence-electron chi connectivity index (χ2n) is 7.56. The number of aromatic nitrogens is 2. The summed E-state index contributed by atoms with van der Waals surface area (Å²) in [5.74, 6) is 0.228. The number of nitrogens with zero attached hydrogens (tertiary/aromatic N) is 3. The highest BCUT2D eigenvalue weighted by molar-refractivity contribution is 6.54. The molecule has 2 aromatic rings. The minimum atomic E-state index is -0.943. The van der Waals surface area contributed by atoms with Crippen LogP contribution in [0.25, 0.3) is 6.08 Å². The molecular weight excluding hydrogens is 369 g/mol. The smallest absolute Gasteiger partial charge is 0.532 e. The number of primary amides is 1. The molecule has 4 N–H and O–H groups in total. The van der Waals surface area contributed by atoms with Crippen molar-refractivity contribution in [3.63, 3.8) is 0 Å². The lowest BCUT2D eigenvalue weighted by molar-refractivity contribution is 0.100. The molecule has 1 aliphatic heterocycles. The highest BCUT2D eigenvalue weighted by Crippen LogP contribution is 2.35. The number of anilines is 2. The number of rotatable bonds is 4. The van der Waals surface area contributed by atoms with Gasteiger partial charge in [-0.3, -0.25) is 9.48 Å². The van der Waals surface area contributed by atoms with Gasteiger partial charge in [0.25, 0.3) is 5.91 Å². The fraction of sp³-hybridized carbons (Fsp3) is 0.350. The largest absolute Gasteiger partial charge is 0.555 e. The van der Waals surface area contributed by atoms with Gasteiger partial charge in [-0.2, -0.15) is 10.4 Å². The van der Waals surface area contributed by atoms with Gasteiger partial charge in [0.2, 0.25) is 0 Å². The van der Waals surface area contributed by atoms with Crippen LogP contribution in [-0.2, 0) is 0 Å². The summed E-state index contributed by atoms with van der Waals surface area (Å²) in [5, 5.41) is 27.0. The van der Waals surface area contributed by atoms with E-state index < -0.39 is 13.0 Å². The van der Waals surface area contributed by atoms with E-state index in [2.05, 4.69) is 16.5 Å². The van der Waals surface area contributed by atoms with Gasteiger partial charge in [0.05, 0.1) is 18.0 Å². The Morgan fingerprint density at radius 3 is 3.00 bits per heavy atom. The Morgan fingerprint density at radius 1 is 1.45 bits per heavy atom. The maximum absolute atomic E-state index is 12.0. The highest BCUT2D eigenvalue weighted by atomic mass is 16.5. The van der Waals surface area contributed by atoms with Crippen LogP contribution in [0.1, 0.15) is 54.6 Å². The predicted octanol–water partition coefficient (Wildman–Crippen LogP) is 2.80. The molecule has 2 heterocycles. The van der Waals surface area contributed by atoms with Crippen LogP contribution in [0, 0.1) is 17.2 Å². The molecule has 2 aliphatic rings. The number of hydrogen-bond acceptors (Lipinski definition) is 6. The normalized spacial score (nSPS) is 20.9. The highest BCUT2D eigenvalue weighted by Gasteiger charge is 2.29. The van der Waals surface area contributed by atoms with Crippen molar-refractivity contribution in [1.29, 1.82) is 5.26 Å². The zero-order chi connectivity index (χ0) is 20.5. The fourth-order valence-electron chi connectivity index (χ4n) is 3.93. The molecular formula is C20H22BN5O3. The van der Waals surface area contributed by atoms with Gasteiger partial charge >= 0.3 is 7.12 Å². The zero-order valence-corrected chi connectivity index (χ0v) is 16.1. The summed E-state index contributed by atoms with van der Waals surface area (Å²) in [6.45, 7) is 1.79. The van der Waals surface area contributed by atoms with Gasteiger partial charge < -0.3 is 20.7 Å². The van der Waals surface area contributed by atoms with Crippen molar-refractivity contribution in [3.8, 4) is 11.8 Å². The minimum Gasteiger partial charge on any atom is -0.532 e. The maximum atomic E-state index is 12.0. The predicted molar refractivity (Wildman–Crippen MR) is 109 cm³/mol. The van der Waals surface area contributed by atoms with E-state index in [9.17, 15) is 15.1 Å². The molecule has 9 heteroatoms. The van der Waals surface area contributed by atoms with Crippen molar-refractivity contribution in [3.05, 3.63) is 41.0 Å². The Morgan fingerprint density at radius 2 is 2.24 bits per heavy atom. The van der Waals surface area contributed by atoms with Crippen LogP contribution in [0.4, 0.5) is 11.5 Å². The topological polar surface area (TPSA) is 126 Å². The number of nitriles is 1. The molecule has 0 unspecified atom stereocenters. The lowest BCUT2D eigenvalue weighted by atomic mass is 9.76. The number of benzene rings is 1. The van der Waals surface area contributed by atoms with Crippen molar-refractivity contribution in [1.82, 2.24) is 9.78 Å². The molecule has 0 saturated heterocycles. The van der Waals surface area contributed by atoms with Gasteiger partial charge in [-0.15, -0.1) is 0 Å². The van der Waals surface area contributed by atoms with Gasteiger partial charge in [0.15, 0.2) is 5.82 Å². The first-order valence-electron chi connectivity index (χ1n) is 9.69. The molecule has 0 radical (unpaired) electrons. The third kappa shape index (κ3) is 3.71. The zero-order valence-electron chi connectivity index (χ0n) is 16.1. The summed E-state index contributed by atoms with van der Waals surface area (Å²) >= 11 is 0. The summed E-state index contributed by atoms with van der Waals surface area (Å²) in [4.78, 5) is 12.0. The van der Waals surface area contributed by atoms with E-state index in [1.54, 1.807) is 29.9 Å². The number of fused-ring (bicyclic) bond motifs is 1. The molecule has 29 heavy (non-hydrogen) atoms. The molecule has 8 nitrogen and oxygen atoms in total. The van der Waals surface area contributed by atoms with Crippen LogP contribution in [0.15, 0.2) is 29.9 Å². The van der Waals surface area contributed by atoms with Crippen LogP contribution >= 0.6 is 0 Å². The summed E-state index contributed by atoms with van der Waals surface area (Å²) < 4.78 is 7.16. The Labute approximate surface area is 169 Å². The van der Waals surface area contributed by atoms with Crippen LogP contribution in [0.3, 0.4) is 0 Å². The van der Waals surface area contributed by atoms with Crippen molar-refractivity contribution >= 4 is 30.6 Å². The molecule has 1 aromatic heterocycles. The third-order valence-corrected chi connectivity index (χ3v) is 5.52. The molecule has 1 fully saturated rings. The van der Waals surface area contributed by atoms with E-state index in [0.717, 1.165) is 31.2 Å². The number of carbonyl (C=O) groups excluding carboxylic acids is 1. The quantitative estimate of drug-likeness (QED) is 0.688. The Hall–Kier alpha value is -3.25. The first-order valence-corrected chi connectivity index (χ1v) is 9.69. The van der Waals surface area contributed by atoms with Crippen LogP contribution in [0.2, 0.25) is 0 Å². The van der Waals surface area contributed by atoms with E-state index in [1.807, 2.05) is 12.1 Å². The Balaban J connectivity index is 1.64. The standard InChI is InChI=1S/C20H22BN5O3/c1-12-8-14-9-15(6-7-18(14)29-21(12)28)24-20-16(19(23)27)11-26(25-20)17-5-3-2-4-13(17)10-22/h6-9,11,13,17,28H,2-5H2,1H3,(H2,23,27)(H,24,25)/t13-,17+/m0/s1. The van der Waals surface area contributed by atoms with E-state index in [4.69, 9.17) is 10.4 Å². The average Bonchev–Trinajstić information content (AvgIpc) is 3.13. The monoisotopic (exact) mass is 391 g/mol. The van der Waals surface area contributed by atoms with Crippen LogP contribution in [0.5, 0.6) is 5.75 Å². The fourth-order valence-corrected chi connectivity index (χ4v) is 3.93. The van der Waals surface area contributed by atoms with Crippen LogP contribution < -0.4 is 15.7 Å². The van der Waals surface area contributed by atoms with Crippen molar-refractivity contribution < 1.29 is 14.5 Å². The molecule has 4 rings (SSSR count). The number of nitrogens with one attached hydrogen (secondary N) is 1. The maximum Gasteiger partial charge on any atom is 0.555 e. The SMILES string of the molecule is CC1=Cc2cc(Nc3nn([C@@H]4CCCC[C@H]4C#N)cc3C(N)=O)ccc2OB1O. The molecule has 2 atom stereocenters. The number of allylic oxidation sites excluding steroid dienone is 1. The van der Waals surface area contributed by atoms with Gasteiger partial charge in [-0.1, -0.05) is 18.9 Å². The summed E-state index contributed by atoms with van der Waals surface area (Å²) in [5.41, 5.74) is 8.08. The van der Waals surface area contributed by atoms with Gasteiger partial charge in [0.1, 0.15) is 11.3 Å². The van der Waals surface area contributed by atoms with E-state index in [1.165, 1.54) is 0 Å². The number of nitrogens with two attached hydrogens (primary N) is 1. The summed E-state index contributed by atoms with van der Waals surface area (Å²) in [6.07, 6.45) is 7.22. The molecule has 1 aromatic carbocycles. The Kier molecular flexibility index (Phi) is 5.03. The number of hydrogen-bond donors (Lipinski definition) is 3. The average molecular weight is 391 g/mol. The first kappa shape index (κ1) is 19.1. The van der Waals surface area contributed by atoms with E-state index in [0.29, 0.717) is 22.7 Å². The first-order chi connectivity index (χ1) is 14.0. The lowest BCUT2D eigenvalue weighted by Crippen LogP contribution is -2.26. The second kappa shape index (κ2) is 7.64. The minimum absolute atomic E-state index is 0.0635. The van der Waals surface area contributed by atoms with E-state index in [-0.39, 0.29) is 17.5 Å². The third-order valence-electron chi connectivity index (χ3n) is 5.52. The van der Waals surface area contributed by atoms with Crippen LogP contribution in [-0.4, -0.2) is 27.8 Å². The summed E-state index contributed by atoms with van der Waals surface area (Å²) in [7, 11) is -0.943. The van der Waals surface area contributed by atoms with Crippen molar-refractivity contribution in [2.75, 3.05) is 5.32 Å². The van der Waals surface area contributed by atoms with Crippen molar-refractivity contribution in [2.45, 2.75) is 38.6 Å². The Bertz CT molecular complexity index is 1030.